The number of likely N-dealkylation sites (N-methyl/N-ethyl adjacent to an activating group) is 1. The number of hydrogen-bond donors (Lipinski definition) is 0. The Hall–Kier alpha value is -0.820. The van der Waals surface area contributed by atoms with Crippen molar-refractivity contribution in [1.82, 2.24) is 4.90 Å². The molecule has 2 aliphatic carbocycles. The lowest BCUT2D eigenvalue weighted by Gasteiger charge is -2.23. The van der Waals surface area contributed by atoms with Crippen LogP contribution >= 0.6 is 0 Å². The highest BCUT2D eigenvalue weighted by atomic mass is 15.2. The zero-order valence-electron chi connectivity index (χ0n) is 8.74. The van der Waals surface area contributed by atoms with Crippen LogP contribution in [0.15, 0.2) is 24.3 Å². The lowest BCUT2D eigenvalue weighted by molar-refractivity contribution is 0.239. The predicted molar refractivity (Wildman–Crippen MR) is 58.4 cm³/mol. The Kier molecular flexibility index (Phi) is 1.88. The van der Waals surface area contributed by atoms with Crippen LogP contribution in [-0.2, 0) is 12.8 Å². The Balaban J connectivity index is 1.77. The highest BCUT2D eigenvalue weighted by molar-refractivity contribution is 5.33. The summed E-state index contributed by atoms with van der Waals surface area (Å²) in [6.45, 7) is 0. The van der Waals surface area contributed by atoms with Gasteiger partial charge in [-0.15, -0.1) is 0 Å². The first-order chi connectivity index (χ1) is 6.84. The molecular formula is C13H17N. The van der Waals surface area contributed by atoms with E-state index in [9.17, 15) is 0 Å². The molecule has 1 saturated carbocycles. The summed E-state index contributed by atoms with van der Waals surface area (Å²) in [6.07, 6.45) is 5.37. The quantitative estimate of drug-likeness (QED) is 0.686. The standard InChI is InChI=1S/C13H17N/c1-14(12-6-7-12)13-8-10-4-2-3-5-11(10)9-13/h2-5,12-13H,6-9H2,1H3. The average Bonchev–Trinajstić information content (AvgIpc) is 2.95. The molecule has 0 radical (unpaired) electrons. The lowest BCUT2D eigenvalue weighted by atomic mass is 10.1. The first kappa shape index (κ1) is 8.49. The van der Waals surface area contributed by atoms with Crippen LogP contribution in [0.1, 0.15) is 24.0 Å². The number of benzene rings is 1. The molecule has 3 rings (SSSR count). The van der Waals surface area contributed by atoms with E-state index in [-0.39, 0.29) is 0 Å². The van der Waals surface area contributed by atoms with Gasteiger partial charge in [0, 0.05) is 12.1 Å². The normalized spacial score (nSPS) is 21.6. The van der Waals surface area contributed by atoms with Crippen LogP contribution in [0.5, 0.6) is 0 Å². The van der Waals surface area contributed by atoms with Crippen molar-refractivity contribution in [2.24, 2.45) is 0 Å². The van der Waals surface area contributed by atoms with Gasteiger partial charge in [-0.3, -0.25) is 4.90 Å². The topological polar surface area (TPSA) is 3.24 Å². The number of nitrogens with zero attached hydrogens (tertiary/aromatic N) is 1. The first-order valence-electron chi connectivity index (χ1n) is 5.63. The van der Waals surface area contributed by atoms with Gasteiger partial charge in [-0.05, 0) is 43.9 Å². The molecule has 0 heterocycles. The van der Waals surface area contributed by atoms with Crippen molar-refractivity contribution in [2.75, 3.05) is 7.05 Å². The summed E-state index contributed by atoms with van der Waals surface area (Å²) in [6, 6.07) is 10.6. The Morgan fingerprint density at radius 1 is 1.00 bits per heavy atom. The predicted octanol–water partition coefficient (Wildman–Crippen LogP) is 2.25. The third-order valence-corrected chi connectivity index (χ3v) is 3.73. The minimum absolute atomic E-state index is 0.778. The molecule has 14 heavy (non-hydrogen) atoms. The fourth-order valence-corrected chi connectivity index (χ4v) is 2.60. The van der Waals surface area contributed by atoms with Crippen LogP contribution in [0.4, 0.5) is 0 Å². The molecule has 74 valence electrons. The van der Waals surface area contributed by atoms with Gasteiger partial charge in [0.1, 0.15) is 0 Å². The molecule has 0 bridgehead atoms. The smallest absolute Gasteiger partial charge is 0.0176 e. The van der Waals surface area contributed by atoms with Gasteiger partial charge >= 0.3 is 0 Å². The zero-order valence-corrected chi connectivity index (χ0v) is 8.74. The maximum atomic E-state index is 2.60. The van der Waals surface area contributed by atoms with E-state index < -0.39 is 0 Å². The van der Waals surface area contributed by atoms with Crippen LogP contribution < -0.4 is 0 Å². The lowest BCUT2D eigenvalue weighted by Crippen LogP contribution is -2.33. The molecule has 1 heteroatoms. The SMILES string of the molecule is CN(C1CC1)C1Cc2ccccc2C1. The van der Waals surface area contributed by atoms with Gasteiger partial charge in [-0.1, -0.05) is 24.3 Å². The van der Waals surface area contributed by atoms with Crippen molar-refractivity contribution in [1.29, 1.82) is 0 Å². The van der Waals surface area contributed by atoms with Gasteiger partial charge in [0.15, 0.2) is 0 Å². The number of rotatable bonds is 2. The van der Waals surface area contributed by atoms with Crippen molar-refractivity contribution in [2.45, 2.75) is 37.8 Å². The maximum absolute atomic E-state index is 2.60. The third kappa shape index (κ3) is 1.36. The van der Waals surface area contributed by atoms with E-state index in [0.717, 1.165) is 12.1 Å². The van der Waals surface area contributed by atoms with Crippen molar-refractivity contribution >= 4 is 0 Å². The molecule has 2 aliphatic rings. The number of hydrogen-bond acceptors (Lipinski definition) is 1. The summed E-state index contributed by atoms with van der Waals surface area (Å²) in [5, 5.41) is 0. The third-order valence-electron chi connectivity index (χ3n) is 3.73. The van der Waals surface area contributed by atoms with E-state index >= 15 is 0 Å². The largest absolute Gasteiger partial charge is 0.300 e. The Morgan fingerprint density at radius 3 is 2.07 bits per heavy atom. The van der Waals surface area contributed by atoms with E-state index in [1.54, 1.807) is 11.1 Å². The van der Waals surface area contributed by atoms with Gasteiger partial charge in [-0.25, -0.2) is 0 Å². The van der Waals surface area contributed by atoms with E-state index in [0.29, 0.717) is 0 Å². The molecule has 1 fully saturated rings. The molecule has 0 saturated heterocycles. The fourth-order valence-electron chi connectivity index (χ4n) is 2.60. The number of fused-ring (bicyclic) bond motifs is 1. The molecule has 0 atom stereocenters. The van der Waals surface area contributed by atoms with Crippen LogP contribution in [0.3, 0.4) is 0 Å². The summed E-state index contributed by atoms with van der Waals surface area (Å²) < 4.78 is 0. The van der Waals surface area contributed by atoms with Gasteiger partial charge in [0.25, 0.3) is 0 Å². The molecule has 1 aromatic rings. The second-order valence-electron chi connectivity index (χ2n) is 4.73. The van der Waals surface area contributed by atoms with Gasteiger partial charge in [0.05, 0.1) is 0 Å². The summed E-state index contributed by atoms with van der Waals surface area (Å²) >= 11 is 0. The molecule has 0 spiro atoms. The van der Waals surface area contributed by atoms with E-state index in [4.69, 9.17) is 0 Å². The van der Waals surface area contributed by atoms with Crippen molar-refractivity contribution in [3.05, 3.63) is 35.4 Å². The Labute approximate surface area is 85.7 Å². The Morgan fingerprint density at radius 2 is 1.57 bits per heavy atom. The molecule has 0 amide bonds. The van der Waals surface area contributed by atoms with Crippen LogP contribution in [0.25, 0.3) is 0 Å². The molecule has 1 aromatic carbocycles. The molecule has 0 aliphatic heterocycles. The fraction of sp³-hybridized carbons (Fsp3) is 0.538. The van der Waals surface area contributed by atoms with Crippen LogP contribution in [-0.4, -0.2) is 24.0 Å². The highest BCUT2D eigenvalue weighted by Crippen LogP contribution is 2.32. The molecular weight excluding hydrogens is 170 g/mol. The van der Waals surface area contributed by atoms with Gasteiger partial charge in [-0.2, -0.15) is 0 Å². The summed E-state index contributed by atoms with van der Waals surface area (Å²) in [4.78, 5) is 2.60. The van der Waals surface area contributed by atoms with Crippen LogP contribution in [0, 0.1) is 0 Å². The van der Waals surface area contributed by atoms with Crippen LogP contribution in [0.2, 0.25) is 0 Å². The molecule has 0 N–H and O–H groups in total. The van der Waals surface area contributed by atoms with Gasteiger partial charge < -0.3 is 0 Å². The zero-order chi connectivity index (χ0) is 9.54. The summed E-state index contributed by atoms with van der Waals surface area (Å²) in [5.41, 5.74) is 3.15. The maximum Gasteiger partial charge on any atom is 0.0176 e. The second kappa shape index (κ2) is 3.09. The van der Waals surface area contributed by atoms with Gasteiger partial charge in [0.2, 0.25) is 0 Å². The molecule has 0 aromatic heterocycles. The van der Waals surface area contributed by atoms with Crippen molar-refractivity contribution in [3.8, 4) is 0 Å². The summed E-state index contributed by atoms with van der Waals surface area (Å²) in [5.74, 6) is 0. The van der Waals surface area contributed by atoms with E-state index in [1.807, 2.05) is 0 Å². The molecule has 0 unspecified atom stereocenters. The van der Waals surface area contributed by atoms with Crippen molar-refractivity contribution < 1.29 is 0 Å². The summed E-state index contributed by atoms with van der Waals surface area (Å²) in [7, 11) is 2.30. The second-order valence-corrected chi connectivity index (χ2v) is 4.73. The minimum Gasteiger partial charge on any atom is -0.300 e. The van der Waals surface area contributed by atoms with E-state index in [1.165, 1.54) is 25.7 Å². The molecule has 1 nitrogen and oxygen atoms in total. The monoisotopic (exact) mass is 187 g/mol. The Bertz CT molecular complexity index is 316. The first-order valence-corrected chi connectivity index (χ1v) is 5.63. The highest BCUT2D eigenvalue weighted by Gasteiger charge is 2.33. The minimum atomic E-state index is 0.778. The van der Waals surface area contributed by atoms with E-state index in [2.05, 4.69) is 36.2 Å². The van der Waals surface area contributed by atoms with Crippen molar-refractivity contribution in [3.63, 3.8) is 0 Å². The average molecular weight is 187 g/mol.